The molecule has 0 saturated carbocycles. The van der Waals surface area contributed by atoms with Gasteiger partial charge in [-0.15, -0.1) is 0 Å². The Bertz CT molecular complexity index is 903. The largest absolute Gasteiger partial charge is 0.484 e. The Kier molecular flexibility index (Phi) is 4.14. The van der Waals surface area contributed by atoms with Crippen LogP contribution >= 0.6 is 0 Å². The fourth-order valence-corrected chi connectivity index (χ4v) is 3.41. The summed E-state index contributed by atoms with van der Waals surface area (Å²) in [6.07, 6.45) is 2.82. The number of aryl methyl sites for hydroxylation is 1. The number of carbonyl (C=O) groups is 1. The molecule has 0 aliphatic carbocycles. The van der Waals surface area contributed by atoms with E-state index in [-0.39, 0.29) is 18.6 Å². The zero-order valence-corrected chi connectivity index (χ0v) is 14.3. The molecule has 1 unspecified atom stereocenters. The first-order chi connectivity index (χ1) is 12.2. The molecule has 1 atom stereocenters. The summed E-state index contributed by atoms with van der Waals surface area (Å²) < 4.78 is 7.88. The van der Waals surface area contributed by atoms with Crippen molar-refractivity contribution >= 4 is 16.9 Å². The van der Waals surface area contributed by atoms with Gasteiger partial charge in [-0.1, -0.05) is 30.3 Å². The van der Waals surface area contributed by atoms with E-state index < -0.39 is 0 Å². The lowest BCUT2D eigenvalue weighted by Gasteiger charge is -2.18. The lowest BCUT2D eigenvalue weighted by molar-refractivity contribution is -0.132. The third-order valence-corrected chi connectivity index (χ3v) is 4.84. The van der Waals surface area contributed by atoms with E-state index in [1.807, 2.05) is 60.6 Å². The number of carbonyl (C=O) groups excluding carboxylic acids is 1. The van der Waals surface area contributed by atoms with E-state index in [1.165, 1.54) is 0 Å². The summed E-state index contributed by atoms with van der Waals surface area (Å²) in [5.41, 5.74) is 3.16. The zero-order valence-electron chi connectivity index (χ0n) is 14.3. The fraction of sp³-hybridized carbons (Fsp3) is 0.300. The van der Waals surface area contributed by atoms with E-state index in [2.05, 4.69) is 15.6 Å². The number of benzene rings is 2. The van der Waals surface area contributed by atoms with Gasteiger partial charge in [0, 0.05) is 13.1 Å². The molecule has 0 N–H and O–H groups in total. The Morgan fingerprint density at radius 1 is 1.20 bits per heavy atom. The number of imidazole rings is 1. The normalized spacial score (nSPS) is 17.2. The first-order valence-electron chi connectivity index (χ1n) is 8.60. The molecular weight excluding hydrogens is 314 g/mol. The third-order valence-electron chi connectivity index (χ3n) is 4.84. The Labute approximate surface area is 146 Å². The SMILES string of the molecule is Cc1ccccc1OCC(=O)N1CCC(n2cnc3ccccc32)C1. The van der Waals surface area contributed by atoms with Crippen LogP contribution < -0.4 is 4.74 Å². The summed E-state index contributed by atoms with van der Waals surface area (Å²) in [7, 11) is 0. The number of hydrogen-bond donors (Lipinski definition) is 0. The molecule has 1 aromatic heterocycles. The van der Waals surface area contributed by atoms with Crippen molar-refractivity contribution in [3.63, 3.8) is 0 Å². The maximum atomic E-state index is 12.5. The van der Waals surface area contributed by atoms with Crippen molar-refractivity contribution in [1.29, 1.82) is 0 Å². The van der Waals surface area contributed by atoms with Crippen LogP contribution in [0.2, 0.25) is 0 Å². The molecule has 1 amide bonds. The van der Waals surface area contributed by atoms with Crippen molar-refractivity contribution in [3.8, 4) is 5.75 Å². The lowest BCUT2D eigenvalue weighted by Crippen LogP contribution is -2.33. The Balaban J connectivity index is 1.40. The van der Waals surface area contributed by atoms with Gasteiger partial charge in [-0.05, 0) is 37.1 Å². The minimum Gasteiger partial charge on any atom is -0.484 e. The minimum absolute atomic E-state index is 0.0372. The quantitative estimate of drug-likeness (QED) is 0.736. The van der Waals surface area contributed by atoms with E-state index in [4.69, 9.17) is 4.74 Å². The molecule has 1 aliphatic rings. The van der Waals surface area contributed by atoms with E-state index in [0.717, 1.165) is 35.3 Å². The van der Waals surface area contributed by atoms with Gasteiger partial charge in [-0.2, -0.15) is 0 Å². The molecule has 128 valence electrons. The topological polar surface area (TPSA) is 47.4 Å². The lowest BCUT2D eigenvalue weighted by atomic mass is 10.2. The molecule has 2 heterocycles. The van der Waals surface area contributed by atoms with Crippen LogP contribution in [-0.2, 0) is 4.79 Å². The van der Waals surface area contributed by atoms with Gasteiger partial charge in [0.2, 0.25) is 0 Å². The van der Waals surface area contributed by atoms with Crippen molar-refractivity contribution in [2.45, 2.75) is 19.4 Å². The average Bonchev–Trinajstić information content (AvgIpc) is 3.27. The monoisotopic (exact) mass is 335 g/mol. The van der Waals surface area contributed by atoms with Crippen LogP contribution in [0.1, 0.15) is 18.0 Å². The molecule has 0 bridgehead atoms. The van der Waals surface area contributed by atoms with Gasteiger partial charge in [-0.25, -0.2) is 4.98 Å². The van der Waals surface area contributed by atoms with Crippen molar-refractivity contribution in [1.82, 2.24) is 14.5 Å². The Hall–Kier alpha value is -2.82. The van der Waals surface area contributed by atoms with E-state index in [1.54, 1.807) is 0 Å². The van der Waals surface area contributed by atoms with Crippen LogP contribution in [0.25, 0.3) is 11.0 Å². The molecule has 5 nitrogen and oxygen atoms in total. The van der Waals surface area contributed by atoms with Gasteiger partial charge in [0.05, 0.1) is 23.4 Å². The number of amides is 1. The smallest absolute Gasteiger partial charge is 0.260 e. The minimum atomic E-state index is 0.0372. The number of nitrogens with zero attached hydrogens (tertiary/aromatic N) is 3. The number of rotatable bonds is 4. The number of hydrogen-bond acceptors (Lipinski definition) is 3. The maximum absolute atomic E-state index is 12.5. The zero-order chi connectivity index (χ0) is 17.2. The molecular formula is C20H21N3O2. The van der Waals surface area contributed by atoms with Crippen molar-refractivity contribution < 1.29 is 9.53 Å². The highest BCUT2D eigenvalue weighted by Crippen LogP contribution is 2.26. The van der Waals surface area contributed by atoms with Gasteiger partial charge in [0.25, 0.3) is 5.91 Å². The first kappa shape index (κ1) is 15.7. The molecule has 25 heavy (non-hydrogen) atoms. The highest BCUT2D eigenvalue weighted by molar-refractivity contribution is 5.78. The molecule has 4 rings (SSSR count). The molecule has 2 aromatic carbocycles. The number of ether oxygens (including phenoxy) is 1. The predicted octanol–water partition coefficient (Wildman–Crippen LogP) is 3.20. The van der Waals surface area contributed by atoms with Gasteiger partial charge < -0.3 is 14.2 Å². The average molecular weight is 335 g/mol. The van der Waals surface area contributed by atoms with Crippen LogP contribution in [0.15, 0.2) is 54.9 Å². The molecule has 1 fully saturated rings. The Morgan fingerprint density at radius 2 is 2.00 bits per heavy atom. The standard InChI is InChI=1S/C20H21N3O2/c1-15-6-2-5-9-19(15)25-13-20(24)22-11-10-16(12-22)23-14-21-17-7-3-4-8-18(17)23/h2-9,14,16H,10-13H2,1H3. The van der Waals surface area contributed by atoms with Crippen LogP contribution in [0.5, 0.6) is 5.75 Å². The maximum Gasteiger partial charge on any atom is 0.260 e. The van der Waals surface area contributed by atoms with Crippen molar-refractivity contribution in [2.24, 2.45) is 0 Å². The summed E-state index contributed by atoms with van der Waals surface area (Å²) >= 11 is 0. The van der Waals surface area contributed by atoms with E-state index in [0.29, 0.717) is 6.54 Å². The predicted molar refractivity (Wildman–Crippen MR) is 96.6 cm³/mol. The number of aromatic nitrogens is 2. The summed E-state index contributed by atoms with van der Waals surface area (Å²) in [4.78, 5) is 18.8. The molecule has 0 spiro atoms. The molecule has 5 heteroatoms. The van der Waals surface area contributed by atoms with E-state index >= 15 is 0 Å². The number of fused-ring (bicyclic) bond motifs is 1. The van der Waals surface area contributed by atoms with Crippen LogP contribution in [0.4, 0.5) is 0 Å². The summed E-state index contributed by atoms with van der Waals surface area (Å²) in [5, 5.41) is 0. The van der Waals surface area contributed by atoms with Gasteiger partial charge >= 0.3 is 0 Å². The van der Waals surface area contributed by atoms with Crippen LogP contribution in [0, 0.1) is 6.92 Å². The number of para-hydroxylation sites is 3. The Morgan fingerprint density at radius 3 is 2.88 bits per heavy atom. The van der Waals surface area contributed by atoms with Crippen molar-refractivity contribution in [3.05, 3.63) is 60.4 Å². The van der Waals surface area contributed by atoms with Crippen LogP contribution in [-0.4, -0.2) is 40.1 Å². The van der Waals surface area contributed by atoms with Gasteiger partial charge in [0.1, 0.15) is 5.75 Å². The third kappa shape index (κ3) is 3.09. The van der Waals surface area contributed by atoms with Gasteiger partial charge in [-0.3, -0.25) is 4.79 Å². The molecule has 3 aromatic rings. The van der Waals surface area contributed by atoms with Crippen LogP contribution in [0.3, 0.4) is 0 Å². The van der Waals surface area contributed by atoms with E-state index in [9.17, 15) is 4.79 Å². The highest BCUT2D eigenvalue weighted by atomic mass is 16.5. The molecule has 1 saturated heterocycles. The van der Waals surface area contributed by atoms with Crippen molar-refractivity contribution in [2.75, 3.05) is 19.7 Å². The fourth-order valence-electron chi connectivity index (χ4n) is 3.41. The first-order valence-corrected chi connectivity index (χ1v) is 8.60. The second-order valence-corrected chi connectivity index (χ2v) is 6.48. The number of likely N-dealkylation sites (tertiary alicyclic amines) is 1. The molecule has 0 radical (unpaired) electrons. The summed E-state index contributed by atoms with van der Waals surface area (Å²) in [6.45, 7) is 3.53. The summed E-state index contributed by atoms with van der Waals surface area (Å²) in [6, 6.07) is 16.1. The summed E-state index contributed by atoms with van der Waals surface area (Å²) in [5.74, 6) is 0.808. The second kappa shape index (κ2) is 6.59. The van der Waals surface area contributed by atoms with Gasteiger partial charge in [0.15, 0.2) is 6.61 Å². The molecule has 1 aliphatic heterocycles. The second-order valence-electron chi connectivity index (χ2n) is 6.48. The highest BCUT2D eigenvalue weighted by Gasteiger charge is 2.28.